The zero-order valence-corrected chi connectivity index (χ0v) is 10.2. The number of aliphatic hydroxyl groups is 2. The molecule has 16 heavy (non-hydrogen) atoms. The highest BCUT2D eigenvalue weighted by Gasteiger charge is 2.19. The van der Waals surface area contributed by atoms with Crippen molar-refractivity contribution in [3.05, 3.63) is 30.0 Å². The summed E-state index contributed by atoms with van der Waals surface area (Å²) in [6.07, 6.45) is 0.531. The van der Waals surface area contributed by atoms with Gasteiger partial charge in [0.1, 0.15) is 6.10 Å². The quantitative estimate of drug-likeness (QED) is 0.749. The average Bonchev–Trinajstić information content (AvgIpc) is 2.76. The Morgan fingerprint density at radius 1 is 1.38 bits per heavy atom. The maximum atomic E-state index is 10.0. The van der Waals surface area contributed by atoms with Crippen molar-refractivity contribution in [3.63, 3.8) is 0 Å². The van der Waals surface area contributed by atoms with E-state index in [0.29, 0.717) is 17.3 Å². The number of aliphatic hydroxyl groups excluding tert-OH is 2. The Bertz CT molecular complexity index is 472. The van der Waals surface area contributed by atoms with Crippen molar-refractivity contribution in [3.8, 4) is 0 Å². The van der Waals surface area contributed by atoms with Crippen molar-refractivity contribution in [1.29, 1.82) is 0 Å². The highest BCUT2D eigenvalue weighted by molar-refractivity contribution is 9.09. The molecule has 2 unspecified atom stereocenters. The molecule has 1 aromatic heterocycles. The van der Waals surface area contributed by atoms with Crippen LogP contribution in [0, 0.1) is 0 Å². The SMILES string of the molecule is OC(CCBr)C(O)c1cccc2[nH]ncc12. The van der Waals surface area contributed by atoms with Crippen molar-refractivity contribution >= 4 is 26.8 Å². The van der Waals surface area contributed by atoms with E-state index in [2.05, 4.69) is 26.1 Å². The Morgan fingerprint density at radius 2 is 2.19 bits per heavy atom. The maximum Gasteiger partial charge on any atom is 0.106 e. The molecule has 0 bridgehead atoms. The number of halogens is 1. The Balaban J connectivity index is 2.35. The molecule has 0 saturated carbocycles. The topological polar surface area (TPSA) is 69.1 Å². The molecule has 0 amide bonds. The molecule has 5 heteroatoms. The molecule has 0 spiro atoms. The van der Waals surface area contributed by atoms with Crippen LogP contribution in [-0.4, -0.2) is 31.8 Å². The van der Waals surface area contributed by atoms with Crippen molar-refractivity contribution in [2.24, 2.45) is 0 Å². The van der Waals surface area contributed by atoms with Gasteiger partial charge < -0.3 is 10.2 Å². The number of hydrogen-bond acceptors (Lipinski definition) is 3. The van der Waals surface area contributed by atoms with E-state index in [0.717, 1.165) is 10.9 Å². The molecule has 86 valence electrons. The maximum absolute atomic E-state index is 10.0. The normalized spacial score (nSPS) is 15.2. The van der Waals surface area contributed by atoms with E-state index in [9.17, 15) is 10.2 Å². The van der Waals surface area contributed by atoms with Crippen LogP contribution in [0.15, 0.2) is 24.4 Å². The second-order valence-corrected chi connectivity index (χ2v) is 4.46. The highest BCUT2D eigenvalue weighted by atomic mass is 79.9. The van der Waals surface area contributed by atoms with Crippen LogP contribution in [0.4, 0.5) is 0 Å². The zero-order chi connectivity index (χ0) is 11.5. The minimum absolute atomic E-state index is 0.509. The third-order valence-electron chi connectivity index (χ3n) is 2.61. The molecule has 4 nitrogen and oxygen atoms in total. The molecular weight excluding hydrogens is 272 g/mol. The van der Waals surface area contributed by atoms with Gasteiger partial charge >= 0.3 is 0 Å². The number of alkyl halides is 1. The summed E-state index contributed by atoms with van der Waals surface area (Å²) in [5.41, 5.74) is 1.57. The predicted octanol–water partition coefficient (Wildman–Crippen LogP) is 1.74. The Kier molecular flexibility index (Phi) is 3.58. The third-order valence-corrected chi connectivity index (χ3v) is 3.06. The number of nitrogens with zero attached hydrogens (tertiary/aromatic N) is 1. The van der Waals surface area contributed by atoms with Gasteiger partial charge in [-0.05, 0) is 18.1 Å². The van der Waals surface area contributed by atoms with E-state index in [4.69, 9.17) is 0 Å². The van der Waals surface area contributed by atoms with Crippen LogP contribution in [0.2, 0.25) is 0 Å². The number of fused-ring (bicyclic) bond motifs is 1. The van der Waals surface area contributed by atoms with Crippen LogP contribution in [0.1, 0.15) is 18.1 Å². The van der Waals surface area contributed by atoms with Crippen LogP contribution in [0.3, 0.4) is 0 Å². The molecule has 0 radical (unpaired) electrons. The Morgan fingerprint density at radius 3 is 2.94 bits per heavy atom. The van der Waals surface area contributed by atoms with E-state index >= 15 is 0 Å². The molecular formula is C11H13BrN2O2. The monoisotopic (exact) mass is 284 g/mol. The lowest BCUT2D eigenvalue weighted by Gasteiger charge is -2.17. The van der Waals surface area contributed by atoms with Crippen LogP contribution >= 0.6 is 15.9 Å². The minimum Gasteiger partial charge on any atom is -0.390 e. The van der Waals surface area contributed by atoms with E-state index in [-0.39, 0.29) is 0 Å². The van der Waals surface area contributed by atoms with Gasteiger partial charge in [-0.2, -0.15) is 5.10 Å². The number of aromatic nitrogens is 2. The number of nitrogens with one attached hydrogen (secondary N) is 1. The molecule has 2 atom stereocenters. The second-order valence-electron chi connectivity index (χ2n) is 3.67. The lowest BCUT2D eigenvalue weighted by atomic mass is 9.99. The first-order chi connectivity index (χ1) is 7.74. The van der Waals surface area contributed by atoms with Gasteiger partial charge in [0.25, 0.3) is 0 Å². The number of rotatable bonds is 4. The smallest absolute Gasteiger partial charge is 0.106 e. The Labute approximate surface area is 101 Å². The van der Waals surface area contributed by atoms with Crippen LogP contribution < -0.4 is 0 Å². The van der Waals surface area contributed by atoms with Crippen LogP contribution in [0.25, 0.3) is 10.9 Å². The lowest BCUT2D eigenvalue weighted by molar-refractivity contribution is 0.0182. The molecule has 3 N–H and O–H groups in total. The summed E-state index contributed by atoms with van der Waals surface area (Å²) in [5.74, 6) is 0. The van der Waals surface area contributed by atoms with Crippen molar-refractivity contribution in [2.45, 2.75) is 18.6 Å². The van der Waals surface area contributed by atoms with Crippen LogP contribution in [-0.2, 0) is 0 Å². The first-order valence-electron chi connectivity index (χ1n) is 5.08. The standard InChI is InChI=1S/C11H13BrN2O2/c12-5-4-10(15)11(16)7-2-1-3-9-8(7)6-13-14-9/h1-3,6,10-11,15-16H,4-5H2,(H,13,14). The first-order valence-corrected chi connectivity index (χ1v) is 6.20. The molecule has 0 aliphatic rings. The van der Waals surface area contributed by atoms with Gasteiger partial charge in [0.2, 0.25) is 0 Å². The number of aromatic amines is 1. The van der Waals surface area contributed by atoms with Gasteiger partial charge in [0.15, 0.2) is 0 Å². The molecule has 0 saturated heterocycles. The van der Waals surface area contributed by atoms with Gasteiger partial charge in [-0.25, -0.2) is 0 Å². The van der Waals surface area contributed by atoms with E-state index in [1.165, 1.54) is 0 Å². The third kappa shape index (κ3) is 2.11. The summed E-state index contributed by atoms with van der Waals surface area (Å²) >= 11 is 3.24. The first kappa shape index (κ1) is 11.6. The van der Waals surface area contributed by atoms with Crippen molar-refractivity contribution in [1.82, 2.24) is 10.2 Å². The second kappa shape index (κ2) is 4.95. The number of benzene rings is 1. The average molecular weight is 285 g/mol. The van der Waals surface area contributed by atoms with E-state index < -0.39 is 12.2 Å². The predicted molar refractivity (Wildman–Crippen MR) is 65.5 cm³/mol. The summed E-state index contributed by atoms with van der Waals surface area (Å²) in [6.45, 7) is 0. The summed E-state index contributed by atoms with van der Waals surface area (Å²) in [5, 5.41) is 28.0. The number of hydrogen-bond donors (Lipinski definition) is 3. The van der Waals surface area contributed by atoms with Crippen LogP contribution in [0.5, 0.6) is 0 Å². The van der Waals surface area contributed by atoms with Gasteiger partial charge in [-0.15, -0.1) is 0 Å². The Hall–Kier alpha value is -0.910. The number of H-pyrrole nitrogens is 1. The van der Waals surface area contributed by atoms with Gasteiger partial charge in [-0.3, -0.25) is 5.10 Å². The summed E-state index contributed by atoms with van der Waals surface area (Å²) in [7, 11) is 0. The molecule has 1 aromatic carbocycles. The summed E-state index contributed by atoms with van der Waals surface area (Å²) in [6, 6.07) is 5.52. The lowest BCUT2D eigenvalue weighted by Crippen LogP contribution is -2.18. The van der Waals surface area contributed by atoms with Gasteiger partial charge in [0.05, 0.1) is 17.8 Å². The molecule has 0 aliphatic heterocycles. The summed E-state index contributed by atoms with van der Waals surface area (Å²) in [4.78, 5) is 0. The fourth-order valence-corrected chi connectivity index (χ4v) is 2.19. The highest BCUT2D eigenvalue weighted by Crippen LogP contribution is 2.26. The molecule has 0 aliphatic carbocycles. The molecule has 2 rings (SSSR count). The van der Waals surface area contributed by atoms with E-state index in [1.54, 1.807) is 12.3 Å². The van der Waals surface area contributed by atoms with E-state index in [1.807, 2.05) is 12.1 Å². The van der Waals surface area contributed by atoms with Crippen molar-refractivity contribution in [2.75, 3.05) is 5.33 Å². The van der Waals surface area contributed by atoms with Crippen molar-refractivity contribution < 1.29 is 10.2 Å². The fourth-order valence-electron chi connectivity index (χ4n) is 1.73. The van der Waals surface area contributed by atoms with Gasteiger partial charge in [-0.1, -0.05) is 28.1 Å². The fraction of sp³-hybridized carbons (Fsp3) is 0.364. The minimum atomic E-state index is -0.876. The summed E-state index contributed by atoms with van der Waals surface area (Å²) < 4.78 is 0. The molecule has 0 fully saturated rings. The van der Waals surface area contributed by atoms with Gasteiger partial charge in [0, 0.05) is 10.7 Å². The molecule has 1 heterocycles. The zero-order valence-electron chi connectivity index (χ0n) is 8.60. The molecule has 2 aromatic rings. The largest absolute Gasteiger partial charge is 0.390 e.